The van der Waals surface area contributed by atoms with Crippen LogP contribution in [0.4, 0.5) is 5.13 Å². The first-order valence-corrected chi connectivity index (χ1v) is 6.76. The number of nitrogens with one attached hydrogen (secondary N) is 1. The number of hydrazine groups is 1. The van der Waals surface area contributed by atoms with Crippen molar-refractivity contribution in [2.45, 2.75) is 25.1 Å². The lowest BCUT2D eigenvalue weighted by molar-refractivity contribution is 0.169. The molecule has 2 atom stereocenters. The van der Waals surface area contributed by atoms with Crippen molar-refractivity contribution in [1.29, 1.82) is 0 Å². The zero-order valence-electron chi connectivity index (χ0n) is 10.7. The highest BCUT2D eigenvalue weighted by Crippen LogP contribution is 2.23. The molecule has 102 valence electrons. The fraction of sp³-hybridized carbons (Fsp3) is 0.800. The number of hydrogen-bond donors (Lipinski definition) is 3. The van der Waals surface area contributed by atoms with E-state index in [1.165, 1.54) is 11.3 Å². The van der Waals surface area contributed by atoms with E-state index in [2.05, 4.69) is 25.4 Å². The van der Waals surface area contributed by atoms with Crippen molar-refractivity contribution < 1.29 is 5.11 Å². The average molecular weight is 272 g/mol. The van der Waals surface area contributed by atoms with Gasteiger partial charge in [-0.2, -0.15) is 0 Å². The van der Waals surface area contributed by atoms with Gasteiger partial charge in [0.25, 0.3) is 0 Å². The summed E-state index contributed by atoms with van der Waals surface area (Å²) >= 11 is 1.45. The molecule has 0 aliphatic carbocycles. The van der Waals surface area contributed by atoms with Crippen molar-refractivity contribution in [3.63, 3.8) is 0 Å². The molecule has 0 radical (unpaired) electrons. The number of nitrogens with two attached hydrogens (primary N) is 1. The summed E-state index contributed by atoms with van der Waals surface area (Å²) in [6.07, 6.45) is 0.578. The van der Waals surface area contributed by atoms with Crippen molar-refractivity contribution in [2.75, 3.05) is 32.6 Å². The third-order valence-corrected chi connectivity index (χ3v) is 3.85. The molecule has 0 spiro atoms. The summed E-state index contributed by atoms with van der Waals surface area (Å²) in [5.74, 6) is 5.28. The van der Waals surface area contributed by atoms with Crippen molar-refractivity contribution in [3.05, 3.63) is 5.01 Å². The second kappa shape index (κ2) is 5.89. The molecule has 1 aliphatic rings. The number of nitrogens with zero attached hydrogens (tertiary/aromatic N) is 4. The topological polar surface area (TPSA) is 90.5 Å². The zero-order chi connectivity index (χ0) is 13.1. The molecule has 1 saturated heterocycles. The largest absolute Gasteiger partial charge is 0.392 e. The monoisotopic (exact) mass is 272 g/mol. The van der Waals surface area contributed by atoms with E-state index in [9.17, 15) is 5.11 Å². The minimum absolute atomic E-state index is 0.241. The highest BCUT2D eigenvalue weighted by atomic mass is 32.1. The van der Waals surface area contributed by atoms with Gasteiger partial charge in [-0.05, 0) is 20.5 Å². The van der Waals surface area contributed by atoms with E-state index in [1.54, 1.807) is 0 Å². The van der Waals surface area contributed by atoms with Crippen LogP contribution < -0.4 is 11.3 Å². The number of anilines is 1. The minimum atomic E-state index is -0.241. The van der Waals surface area contributed by atoms with E-state index >= 15 is 0 Å². The molecule has 2 unspecified atom stereocenters. The summed E-state index contributed by atoms with van der Waals surface area (Å²) in [7, 11) is 4.09. The molecular weight excluding hydrogens is 252 g/mol. The van der Waals surface area contributed by atoms with Gasteiger partial charge in [-0.25, -0.2) is 5.84 Å². The van der Waals surface area contributed by atoms with Gasteiger partial charge in [0.2, 0.25) is 5.13 Å². The van der Waals surface area contributed by atoms with Gasteiger partial charge in [0, 0.05) is 19.1 Å². The predicted octanol–water partition coefficient (Wildman–Crippen LogP) is -0.679. The molecule has 1 aromatic rings. The van der Waals surface area contributed by atoms with E-state index in [-0.39, 0.29) is 6.10 Å². The van der Waals surface area contributed by atoms with Gasteiger partial charge in [-0.3, -0.25) is 10.3 Å². The number of likely N-dealkylation sites (tertiary alicyclic amines) is 1. The highest BCUT2D eigenvalue weighted by Gasteiger charge is 2.31. The Morgan fingerprint density at radius 3 is 2.94 bits per heavy atom. The fourth-order valence-corrected chi connectivity index (χ4v) is 2.99. The second-order valence-electron chi connectivity index (χ2n) is 4.88. The van der Waals surface area contributed by atoms with E-state index in [1.807, 2.05) is 14.1 Å². The van der Waals surface area contributed by atoms with Crippen LogP contribution in [0.3, 0.4) is 0 Å². The average Bonchev–Trinajstić information content (AvgIpc) is 2.86. The fourth-order valence-electron chi connectivity index (χ4n) is 2.31. The van der Waals surface area contributed by atoms with Gasteiger partial charge >= 0.3 is 0 Å². The summed E-state index contributed by atoms with van der Waals surface area (Å²) in [6.45, 7) is 2.36. The highest BCUT2D eigenvalue weighted by molar-refractivity contribution is 7.15. The number of aromatic nitrogens is 2. The van der Waals surface area contributed by atoms with Crippen LogP contribution in [0, 0.1) is 0 Å². The molecule has 8 heteroatoms. The lowest BCUT2D eigenvalue weighted by Gasteiger charge is -2.25. The maximum Gasteiger partial charge on any atom is 0.219 e. The third kappa shape index (κ3) is 3.36. The summed E-state index contributed by atoms with van der Waals surface area (Å²) in [5.41, 5.74) is 2.49. The molecule has 7 nitrogen and oxygen atoms in total. The van der Waals surface area contributed by atoms with Gasteiger partial charge in [0.1, 0.15) is 5.01 Å². The maximum absolute atomic E-state index is 9.79. The number of hydrogen-bond acceptors (Lipinski definition) is 8. The predicted molar refractivity (Wildman–Crippen MR) is 71.1 cm³/mol. The molecule has 1 aliphatic heterocycles. The van der Waals surface area contributed by atoms with Crippen LogP contribution in [0.15, 0.2) is 0 Å². The summed E-state index contributed by atoms with van der Waals surface area (Å²) in [4.78, 5) is 4.40. The van der Waals surface area contributed by atoms with Crippen molar-refractivity contribution in [3.8, 4) is 0 Å². The summed E-state index contributed by atoms with van der Waals surface area (Å²) < 4.78 is 0. The summed E-state index contributed by atoms with van der Waals surface area (Å²) in [6, 6.07) is 0.369. The Bertz CT molecular complexity index is 384. The Labute approximate surface area is 111 Å². The quantitative estimate of drug-likeness (QED) is 0.483. The van der Waals surface area contributed by atoms with Crippen LogP contribution in [0.2, 0.25) is 0 Å². The number of aliphatic hydroxyl groups is 1. The molecule has 1 aromatic heterocycles. The number of rotatable bonds is 5. The standard InChI is InChI=1S/C10H20N6OS/c1-15(2)4-7-3-8(17)5-16(7)6-9-13-14-10(12-11)18-9/h7-8,17H,3-6,11H2,1-2H3,(H,12,14). The van der Waals surface area contributed by atoms with Crippen molar-refractivity contribution >= 4 is 16.5 Å². The summed E-state index contributed by atoms with van der Waals surface area (Å²) in [5, 5.41) is 19.3. The molecule has 0 bridgehead atoms. The van der Waals surface area contributed by atoms with Gasteiger partial charge in [0.15, 0.2) is 0 Å². The van der Waals surface area contributed by atoms with E-state index in [4.69, 9.17) is 5.84 Å². The lowest BCUT2D eigenvalue weighted by Crippen LogP contribution is -2.37. The normalized spacial score (nSPS) is 24.9. The Morgan fingerprint density at radius 2 is 2.33 bits per heavy atom. The zero-order valence-corrected chi connectivity index (χ0v) is 11.5. The van der Waals surface area contributed by atoms with Gasteiger partial charge in [0.05, 0.1) is 12.6 Å². The van der Waals surface area contributed by atoms with Crippen molar-refractivity contribution in [2.24, 2.45) is 5.84 Å². The Balaban J connectivity index is 1.97. The van der Waals surface area contributed by atoms with E-state index in [0.29, 0.717) is 17.7 Å². The first-order chi connectivity index (χ1) is 8.58. The Kier molecular flexibility index (Phi) is 4.46. The smallest absolute Gasteiger partial charge is 0.219 e. The molecular formula is C10H20N6OS. The van der Waals surface area contributed by atoms with Crippen LogP contribution in [0.5, 0.6) is 0 Å². The van der Waals surface area contributed by atoms with E-state index < -0.39 is 0 Å². The lowest BCUT2D eigenvalue weighted by atomic mass is 10.2. The third-order valence-electron chi connectivity index (χ3n) is 3.01. The van der Waals surface area contributed by atoms with Gasteiger partial charge in [-0.15, -0.1) is 10.2 Å². The van der Waals surface area contributed by atoms with Crippen molar-refractivity contribution in [1.82, 2.24) is 20.0 Å². The number of β-amino-alcohol motifs (C(OH)–C–C–N with tert-alkyl or cyclic N) is 1. The number of aliphatic hydroxyl groups excluding tert-OH is 1. The first-order valence-electron chi connectivity index (χ1n) is 5.94. The molecule has 0 amide bonds. The van der Waals surface area contributed by atoms with E-state index in [0.717, 1.165) is 24.5 Å². The Morgan fingerprint density at radius 1 is 1.56 bits per heavy atom. The van der Waals surface area contributed by atoms with Gasteiger partial charge in [-0.1, -0.05) is 11.3 Å². The number of nitrogen functional groups attached to an aromatic ring is 1. The number of likely N-dealkylation sites (N-methyl/N-ethyl adjacent to an activating group) is 1. The Hall–Kier alpha value is -0.800. The molecule has 2 rings (SSSR count). The first kappa shape index (κ1) is 13.6. The van der Waals surface area contributed by atoms with Crippen LogP contribution in [0.1, 0.15) is 11.4 Å². The van der Waals surface area contributed by atoms with Gasteiger partial charge < -0.3 is 10.0 Å². The molecule has 2 heterocycles. The second-order valence-corrected chi connectivity index (χ2v) is 5.94. The van der Waals surface area contributed by atoms with Crippen LogP contribution >= 0.6 is 11.3 Å². The van der Waals surface area contributed by atoms with Crippen LogP contribution in [-0.4, -0.2) is 64.4 Å². The molecule has 0 saturated carbocycles. The molecule has 0 aromatic carbocycles. The molecule has 1 fully saturated rings. The van der Waals surface area contributed by atoms with Crippen LogP contribution in [-0.2, 0) is 6.54 Å². The molecule has 4 N–H and O–H groups in total. The van der Waals surface area contributed by atoms with Crippen LogP contribution in [0.25, 0.3) is 0 Å². The maximum atomic E-state index is 9.79. The minimum Gasteiger partial charge on any atom is -0.392 e. The SMILES string of the molecule is CN(C)CC1CC(O)CN1Cc1nnc(NN)s1. The molecule has 18 heavy (non-hydrogen) atoms.